The van der Waals surface area contributed by atoms with Gasteiger partial charge in [-0.1, -0.05) is 20.3 Å². The van der Waals surface area contributed by atoms with E-state index in [0.29, 0.717) is 6.04 Å². The molecule has 1 unspecified atom stereocenters. The SMILES string of the molecule is CCCC1CCCCN1c1ccc(F)cc1CNCC. The van der Waals surface area contributed by atoms with Gasteiger partial charge in [0.25, 0.3) is 0 Å². The normalized spacial score (nSPS) is 19.4. The molecule has 1 aromatic rings. The maximum atomic E-state index is 13.5. The van der Waals surface area contributed by atoms with Crippen LogP contribution in [-0.2, 0) is 6.54 Å². The first-order valence-electron chi connectivity index (χ1n) is 8.02. The van der Waals surface area contributed by atoms with Crippen molar-refractivity contribution in [2.45, 2.75) is 58.5 Å². The van der Waals surface area contributed by atoms with Crippen molar-refractivity contribution >= 4 is 5.69 Å². The van der Waals surface area contributed by atoms with Gasteiger partial charge in [-0.15, -0.1) is 0 Å². The lowest BCUT2D eigenvalue weighted by Crippen LogP contribution is -2.40. The first-order valence-corrected chi connectivity index (χ1v) is 8.02. The van der Waals surface area contributed by atoms with Crippen molar-refractivity contribution in [3.63, 3.8) is 0 Å². The fourth-order valence-corrected chi connectivity index (χ4v) is 3.19. The van der Waals surface area contributed by atoms with E-state index in [1.165, 1.54) is 37.8 Å². The fourth-order valence-electron chi connectivity index (χ4n) is 3.19. The van der Waals surface area contributed by atoms with Gasteiger partial charge in [-0.2, -0.15) is 0 Å². The Hall–Kier alpha value is -1.09. The molecule has 1 aromatic carbocycles. The highest BCUT2D eigenvalue weighted by Gasteiger charge is 2.23. The second-order valence-corrected chi connectivity index (χ2v) is 5.69. The molecule has 2 nitrogen and oxygen atoms in total. The summed E-state index contributed by atoms with van der Waals surface area (Å²) in [5.41, 5.74) is 2.32. The first kappa shape index (κ1) is 15.3. The van der Waals surface area contributed by atoms with Gasteiger partial charge in [0.05, 0.1) is 0 Å². The van der Waals surface area contributed by atoms with E-state index in [0.717, 1.165) is 25.2 Å². The summed E-state index contributed by atoms with van der Waals surface area (Å²) in [5, 5.41) is 3.32. The topological polar surface area (TPSA) is 15.3 Å². The minimum Gasteiger partial charge on any atom is -0.368 e. The van der Waals surface area contributed by atoms with Crippen molar-refractivity contribution in [3.8, 4) is 0 Å². The van der Waals surface area contributed by atoms with Crippen LogP contribution in [0.15, 0.2) is 18.2 Å². The zero-order valence-corrected chi connectivity index (χ0v) is 12.8. The molecule has 2 rings (SSSR count). The molecule has 112 valence electrons. The largest absolute Gasteiger partial charge is 0.368 e. The van der Waals surface area contributed by atoms with Crippen molar-refractivity contribution in [2.75, 3.05) is 18.0 Å². The Morgan fingerprint density at radius 2 is 2.15 bits per heavy atom. The summed E-state index contributed by atoms with van der Waals surface area (Å²) in [4.78, 5) is 2.51. The number of nitrogens with zero attached hydrogens (tertiary/aromatic N) is 1. The number of halogens is 1. The van der Waals surface area contributed by atoms with Crippen LogP contribution >= 0.6 is 0 Å². The van der Waals surface area contributed by atoms with Gasteiger partial charge < -0.3 is 10.2 Å². The van der Waals surface area contributed by atoms with E-state index in [2.05, 4.69) is 24.1 Å². The standard InChI is InChI=1S/C17H27FN2/c1-3-7-16-8-5-6-11-20(16)17-10-9-15(18)12-14(17)13-19-4-2/h9-10,12,16,19H,3-8,11,13H2,1-2H3. The van der Waals surface area contributed by atoms with Crippen molar-refractivity contribution in [1.29, 1.82) is 0 Å². The summed E-state index contributed by atoms with van der Waals surface area (Å²) in [6, 6.07) is 5.88. The molecule has 1 N–H and O–H groups in total. The minimum absolute atomic E-state index is 0.134. The van der Waals surface area contributed by atoms with Crippen LogP contribution in [0.5, 0.6) is 0 Å². The average molecular weight is 278 g/mol. The molecule has 0 amide bonds. The Morgan fingerprint density at radius 1 is 1.30 bits per heavy atom. The van der Waals surface area contributed by atoms with Gasteiger partial charge in [0, 0.05) is 24.8 Å². The van der Waals surface area contributed by atoms with Gasteiger partial charge in [0.1, 0.15) is 5.82 Å². The van der Waals surface area contributed by atoms with E-state index < -0.39 is 0 Å². The lowest BCUT2D eigenvalue weighted by Gasteiger charge is -2.39. The van der Waals surface area contributed by atoms with Gasteiger partial charge in [-0.05, 0) is 56.0 Å². The van der Waals surface area contributed by atoms with Crippen LogP contribution in [0.25, 0.3) is 0 Å². The number of piperidine rings is 1. The maximum Gasteiger partial charge on any atom is 0.123 e. The van der Waals surface area contributed by atoms with E-state index in [9.17, 15) is 4.39 Å². The highest BCUT2D eigenvalue weighted by atomic mass is 19.1. The molecule has 20 heavy (non-hydrogen) atoms. The van der Waals surface area contributed by atoms with Crippen molar-refractivity contribution in [1.82, 2.24) is 5.32 Å². The van der Waals surface area contributed by atoms with E-state index in [-0.39, 0.29) is 5.82 Å². The molecule has 1 aliphatic heterocycles. The van der Waals surface area contributed by atoms with Gasteiger partial charge in [-0.3, -0.25) is 0 Å². The molecule has 0 radical (unpaired) electrons. The van der Waals surface area contributed by atoms with Gasteiger partial charge >= 0.3 is 0 Å². The number of hydrogen-bond acceptors (Lipinski definition) is 2. The molecule has 0 aliphatic carbocycles. The van der Waals surface area contributed by atoms with Crippen LogP contribution in [0, 0.1) is 5.82 Å². The Balaban J connectivity index is 2.24. The zero-order chi connectivity index (χ0) is 14.4. The lowest BCUT2D eigenvalue weighted by molar-refractivity contribution is 0.433. The van der Waals surface area contributed by atoms with Gasteiger partial charge in [-0.25, -0.2) is 4.39 Å². The van der Waals surface area contributed by atoms with E-state index >= 15 is 0 Å². The Morgan fingerprint density at radius 3 is 2.90 bits per heavy atom. The summed E-state index contributed by atoms with van der Waals surface area (Å²) < 4.78 is 13.5. The molecule has 0 spiro atoms. The summed E-state index contributed by atoms with van der Waals surface area (Å²) in [5.74, 6) is -0.134. The molecular weight excluding hydrogens is 251 g/mol. The quantitative estimate of drug-likeness (QED) is 0.843. The molecule has 0 aromatic heterocycles. The van der Waals surface area contributed by atoms with Crippen molar-refractivity contribution in [3.05, 3.63) is 29.6 Å². The van der Waals surface area contributed by atoms with Gasteiger partial charge in [0.2, 0.25) is 0 Å². The Bertz CT molecular complexity index is 417. The number of anilines is 1. The van der Waals surface area contributed by atoms with Crippen molar-refractivity contribution < 1.29 is 4.39 Å². The Kier molecular flexibility index (Phi) is 5.84. The van der Waals surface area contributed by atoms with E-state index in [4.69, 9.17) is 0 Å². The summed E-state index contributed by atoms with van der Waals surface area (Å²) in [7, 11) is 0. The van der Waals surface area contributed by atoms with Crippen LogP contribution in [0.2, 0.25) is 0 Å². The molecule has 1 fully saturated rings. The molecule has 1 aliphatic rings. The number of nitrogens with one attached hydrogen (secondary N) is 1. The molecule has 0 saturated carbocycles. The predicted octanol–water partition coefficient (Wildman–Crippen LogP) is 4.09. The summed E-state index contributed by atoms with van der Waals surface area (Å²) in [6.07, 6.45) is 6.29. The smallest absolute Gasteiger partial charge is 0.123 e. The number of benzene rings is 1. The molecule has 1 atom stereocenters. The fraction of sp³-hybridized carbons (Fsp3) is 0.647. The molecule has 3 heteroatoms. The van der Waals surface area contributed by atoms with Crippen LogP contribution in [-0.4, -0.2) is 19.1 Å². The third-order valence-electron chi connectivity index (χ3n) is 4.17. The summed E-state index contributed by atoms with van der Waals surface area (Å²) >= 11 is 0. The zero-order valence-electron chi connectivity index (χ0n) is 12.8. The van der Waals surface area contributed by atoms with Crippen LogP contribution in [0.4, 0.5) is 10.1 Å². The van der Waals surface area contributed by atoms with Crippen LogP contribution < -0.4 is 10.2 Å². The highest BCUT2D eigenvalue weighted by molar-refractivity contribution is 5.55. The number of hydrogen-bond donors (Lipinski definition) is 1. The average Bonchev–Trinajstić information content (AvgIpc) is 2.46. The van der Waals surface area contributed by atoms with Crippen molar-refractivity contribution in [2.24, 2.45) is 0 Å². The van der Waals surface area contributed by atoms with Gasteiger partial charge in [0.15, 0.2) is 0 Å². The van der Waals surface area contributed by atoms with Crippen LogP contribution in [0.3, 0.4) is 0 Å². The second-order valence-electron chi connectivity index (χ2n) is 5.69. The first-order chi connectivity index (χ1) is 9.76. The monoisotopic (exact) mass is 278 g/mol. The molecular formula is C17H27FN2. The molecule has 1 heterocycles. The summed E-state index contributed by atoms with van der Waals surface area (Å²) in [6.45, 7) is 7.10. The lowest BCUT2D eigenvalue weighted by atomic mass is 9.96. The molecule has 1 saturated heterocycles. The predicted molar refractivity (Wildman–Crippen MR) is 83.7 cm³/mol. The highest BCUT2D eigenvalue weighted by Crippen LogP contribution is 2.30. The molecule has 0 bridgehead atoms. The Labute approximate surface area is 122 Å². The second kappa shape index (κ2) is 7.63. The third kappa shape index (κ3) is 3.72. The number of rotatable bonds is 6. The van der Waals surface area contributed by atoms with E-state index in [1.54, 1.807) is 12.1 Å². The maximum absolute atomic E-state index is 13.5. The minimum atomic E-state index is -0.134. The van der Waals surface area contributed by atoms with E-state index in [1.807, 2.05) is 6.07 Å². The van der Waals surface area contributed by atoms with Crippen LogP contribution in [0.1, 0.15) is 51.5 Å². The third-order valence-corrected chi connectivity index (χ3v) is 4.17.